The van der Waals surface area contributed by atoms with Crippen LogP contribution in [0.1, 0.15) is 36.6 Å². The van der Waals surface area contributed by atoms with Gasteiger partial charge in [0.2, 0.25) is 12.7 Å². The summed E-state index contributed by atoms with van der Waals surface area (Å²) in [6.07, 6.45) is 0. The highest BCUT2D eigenvalue weighted by Gasteiger charge is 2.15. The van der Waals surface area contributed by atoms with Gasteiger partial charge >= 0.3 is 0 Å². The molecule has 1 aliphatic rings. The van der Waals surface area contributed by atoms with Gasteiger partial charge in [0.05, 0.1) is 5.69 Å². The molecular formula is C22H22N2O3S. The fraction of sp³-hybridized carbons (Fsp3) is 0.273. The average molecular weight is 394 g/mol. The largest absolute Gasteiger partial charge is 0.454 e. The normalized spacial score (nSPS) is 12.4. The second-order valence-electron chi connectivity index (χ2n) is 6.96. The molecular weight excluding hydrogens is 372 g/mol. The molecule has 0 amide bonds. The van der Waals surface area contributed by atoms with Crippen molar-refractivity contribution in [3.63, 3.8) is 0 Å². The molecule has 0 N–H and O–H groups in total. The molecule has 0 saturated heterocycles. The molecule has 0 saturated carbocycles. The Balaban J connectivity index is 1.54. The van der Waals surface area contributed by atoms with E-state index >= 15 is 0 Å². The maximum absolute atomic E-state index is 6.00. The molecule has 2 aromatic carbocycles. The molecule has 1 aromatic heterocycles. The minimum atomic E-state index is 0.240. The highest BCUT2D eigenvalue weighted by molar-refractivity contribution is 7.98. The van der Waals surface area contributed by atoms with Gasteiger partial charge in [0.25, 0.3) is 0 Å². The van der Waals surface area contributed by atoms with Crippen LogP contribution < -0.4 is 14.2 Å². The van der Waals surface area contributed by atoms with Crippen LogP contribution in [0.3, 0.4) is 0 Å². The lowest BCUT2D eigenvalue weighted by atomic mass is 10.1. The number of hydrogen-bond donors (Lipinski definition) is 0. The number of nitrogens with zero attached hydrogens (tertiary/aromatic N) is 2. The summed E-state index contributed by atoms with van der Waals surface area (Å²) < 4.78 is 16.8. The summed E-state index contributed by atoms with van der Waals surface area (Å²) in [6, 6.07) is 15.9. The van der Waals surface area contributed by atoms with Crippen molar-refractivity contribution >= 4 is 11.8 Å². The van der Waals surface area contributed by atoms with E-state index in [1.807, 2.05) is 24.3 Å². The SMILES string of the molecule is Cc1ccc(CSc2nc(Oc3ccc4c(c3)OCO4)cc(C(C)C)n2)cc1. The van der Waals surface area contributed by atoms with Crippen LogP contribution in [0, 0.1) is 6.92 Å². The monoisotopic (exact) mass is 394 g/mol. The van der Waals surface area contributed by atoms with Gasteiger partial charge in [-0.25, -0.2) is 4.98 Å². The number of benzene rings is 2. The first-order chi connectivity index (χ1) is 13.6. The van der Waals surface area contributed by atoms with Crippen molar-refractivity contribution in [1.82, 2.24) is 9.97 Å². The van der Waals surface area contributed by atoms with E-state index in [0.717, 1.165) is 17.2 Å². The predicted molar refractivity (Wildman–Crippen MR) is 110 cm³/mol. The van der Waals surface area contributed by atoms with Crippen LogP contribution in [0.4, 0.5) is 0 Å². The molecule has 2 heterocycles. The molecule has 4 rings (SSSR count). The molecule has 0 fully saturated rings. The van der Waals surface area contributed by atoms with E-state index < -0.39 is 0 Å². The summed E-state index contributed by atoms with van der Waals surface area (Å²) in [4.78, 5) is 9.29. The maximum Gasteiger partial charge on any atom is 0.231 e. The van der Waals surface area contributed by atoms with Crippen molar-refractivity contribution in [3.05, 3.63) is 65.4 Å². The minimum absolute atomic E-state index is 0.240. The zero-order valence-corrected chi connectivity index (χ0v) is 17.0. The lowest BCUT2D eigenvalue weighted by Gasteiger charge is -2.11. The Bertz CT molecular complexity index is 974. The number of aromatic nitrogens is 2. The number of thioether (sulfide) groups is 1. The first-order valence-electron chi connectivity index (χ1n) is 9.21. The van der Waals surface area contributed by atoms with E-state index in [2.05, 4.69) is 50.0 Å². The van der Waals surface area contributed by atoms with Gasteiger partial charge in [-0.1, -0.05) is 55.4 Å². The Morgan fingerprint density at radius 2 is 1.79 bits per heavy atom. The molecule has 28 heavy (non-hydrogen) atoms. The Morgan fingerprint density at radius 1 is 1.00 bits per heavy atom. The minimum Gasteiger partial charge on any atom is -0.454 e. The van der Waals surface area contributed by atoms with Crippen molar-refractivity contribution in [2.24, 2.45) is 0 Å². The van der Waals surface area contributed by atoms with E-state index in [1.54, 1.807) is 11.8 Å². The molecule has 0 bridgehead atoms. The smallest absolute Gasteiger partial charge is 0.231 e. The molecule has 1 aliphatic heterocycles. The summed E-state index contributed by atoms with van der Waals surface area (Å²) in [5, 5.41) is 0.711. The number of ether oxygens (including phenoxy) is 3. The van der Waals surface area contributed by atoms with Crippen LogP contribution in [0.15, 0.2) is 53.7 Å². The summed E-state index contributed by atoms with van der Waals surface area (Å²) in [7, 11) is 0. The second kappa shape index (κ2) is 8.10. The number of rotatable bonds is 6. The van der Waals surface area contributed by atoms with E-state index in [-0.39, 0.29) is 12.7 Å². The molecule has 0 unspecified atom stereocenters. The summed E-state index contributed by atoms with van der Waals surface area (Å²) >= 11 is 1.61. The van der Waals surface area contributed by atoms with Gasteiger partial charge in [-0.05, 0) is 30.5 Å². The van der Waals surface area contributed by atoms with Crippen LogP contribution >= 0.6 is 11.8 Å². The van der Waals surface area contributed by atoms with Gasteiger partial charge in [0, 0.05) is 17.9 Å². The third kappa shape index (κ3) is 4.39. The van der Waals surface area contributed by atoms with E-state index in [4.69, 9.17) is 19.2 Å². The third-order valence-corrected chi connectivity index (χ3v) is 5.27. The topological polar surface area (TPSA) is 53.5 Å². The van der Waals surface area contributed by atoms with Crippen molar-refractivity contribution in [3.8, 4) is 23.1 Å². The van der Waals surface area contributed by atoms with E-state index in [9.17, 15) is 0 Å². The number of aryl methyl sites for hydroxylation is 1. The van der Waals surface area contributed by atoms with E-state index in [0.29, 0.717) is 22.5 Å². The average Bonchev–Trinajstić information content (AvgIpc) is 3.15. The molecule has 0 aliphatic carbocycles. The highest BCUT2D eigenvalue weighted by atomic mass is 32.2. The standard InChI is InChI=1S/C22H22N2O3S/c1-14(2)18-11-21(27-17-8-9-19-20(10-17)26-13-25-19)24-22(23-18)28-12-16-6-4-15(3)5-7-16/h4-11,14H,12-13H2,1-3H3. The van der Waals surface area contributed by atoms with Crippen molar-refractivity contribution in [1.29, 1.82) is 0 Å². The van der Waals surface area contributed by atoms with Gasteiger partial charge < -0.3 is 14.2 Å². The lowest BCUT2D eigenvalue weighted by Crippen LogP contribution is -2.00. The quantitative estimate of drug-likeness (QED) is 0.394. The Hall–Kier alpha value is -2.73. The van der Waals surface area contributed by atoms with Gasteiger partial charge in [-0.15, -0.1) is 0 Å². The Kier molecular flexibility index (Phi) is 5.39. The first kappa shape index (κ1) is 18.6. The van der Waals surface area contributed by atoms with Gasteiger partial charge in [-0.2, -0.15) is 4.98 Å². The molecule has 3 aromatic rings. The van der Waals surface area contributed by atoms with E-state index in [1.165, 1.54) is 11.1 Å². The molecule has 0 atom stereocenters. The molecule has 0 spiro atoms. The van der Waals surface area contributed by atoms with Crippen LogP contribution in [0.5, 0.6) is 23.1 Å². The third-order valence-electron chi connectivity index (χ3n) is 4.35. The van der Waals surface area contributed by atoms with Gasteiger partial charge in [-0.3, -0.25) is 0 Å². The zero-order chi connectivity index (χ0) is 19.5. The van der Waals surface area contributed by atoms with Crippen LogP contribution in [-0.2, 0) is 5.75 Å². The second-order valence-corrected chi connectivity index (χ2v) is 7.90. The Labute approximate surface area is 169 Å². The highest BCUT2D eigenvalue weighted by Crippen LogP contribution is 2.36. The van der Waals surface area contributed by atoms with Crippen molar-refractivity contribution < 1.29 is 14.2 Å². The lowest BCUT2D eigenvalue weighted by molar-refractivity contribution is 0.174. The maximum atomic E-state index is 6.00. The van der Waals surface area contributed by atoms with Crippen molar-refractivity contribution in [2.75, 3.05) is 6.79 Å². The molecule has 144 valence electrons. The first-order valence-corrected chi connectivity index (χ1v) is 10.2. The van der Waals surface area contributed by atoms with Crippen molar-refractivity contribution in [2.45, 2.75) is 37.6 Å². The molecule has 5 nitrogen and oxygen atoms in total. The fourth-order valence-electron chi connectivity index (χ4n) is 2.73. The summed E-state index contributed by atoms with van der Waals surface area (Å²) in [5.41, 5.74) is 3.45. The van der Waals surface area contributed by atoms with Crippen LogP contribution in [-0.4, -0.2) is 16.8 Å². The molecule has 0 radical (unpaired) electrons. The number of hydrogen-bond acceptors (Lipinski definition) is 6. The predicted octanol–water partition coefficient (Wildman–Crippen LogP) is 5.72. The fourth-order valence-corrected chi connectivity index (χ4v) is 3.54. The number of fused-ring (bicyclic) bond motifs is 1. The van der Waals surface area contributed by atoms with Gasteiger partial charge in [0.15, 0.2) is 16.7 Å². The Morgan fingerprint density at radius 3 is 2.57 bits per heavy atom. The molecule has 6 heteroatoms. The van der Waals surface area contributed by atoms with Crippen LogP contribution in [0.25, 0.3) is 0 Å². The van der Waals surface area contributed by atoms with Crippen LogP contribution in [0.2, 0.25) is 0 Å². The summed E-state index contributed by atoms with van der Waals surface area (Å²) in [6.45, 7) is 6.55. The zero-order valence-electron chi connectivity index (χ0n) is 16.1. The van der Waals surface area contributed by atoms with Gasteiger partial charge in [0.1, 0.15) is 5.75 Å². The summed E-state index contributed by atoms with van der Waals surface area (Å²) in [5.74, 6) is 3.69.